The van der Waals surface area contributed by atoms with E-state index >= 15 is 0 Å². The topological polar surface area (TPSA) is 53.9 Å². The Morgan fingerprint density at radius 3 is 2.69 bits per heavy atom. The first-order valence-corrected chi connectivity index (χ1v) is 9.25. The number of nitrogens with one attached hydrogen (secondary N) is 1. The maximum Gasteiger partial charge on any atom is 0.416 e. The van der Waals surface area contributed by atoms with Crippen LogP contribution in [0, 0.1) is 5.82 Å². The van der Waals surface area contributed by atoms with Gasteiger partial charge in [0.05, 0.1) is 5.56 Å². The number of rotatable bonds is 3. The average molecular weight is 405 g/mol. The fourth-order valence-corrected chi connectivity index (χ4v) is 3.66. The minimum Gasteiger partial charge on any atom is -0.364 e. The van der Waals surface area contributed by atoms with Crippen LogP contribution >= 0.6 is 0 Å². The molecule has 1 aromatic carbocycles. The van der Waals surface area contributed by atoms with E-state index in [4.69, 9.17) is 0 Å². The molecule has 1 fully saturated rings. The van der Waals surface area contributed by atoms with Crippen molar-refractivity contribution in [2.45, 2.75) is 25.1 Å². The Balaban J connectivity index is 1.74. The molecule has 0 amide bonds. The van der Waals surface area contributed by atoms with E-state index in [0.717, 1.165) is 38.1 Å². The number of likely N-dealkylation sites (N-methyl/N-ethyl adjacent to an activating group) is 1. The fraction of sp³-hybridized carbons (Fsp3) is 0.350. The van der Waals surface area contributed by atoms with Crippen LogP contribution in [0.5, 0.6) is 0 Å². The first-order valence-electron chi connectivity index (χ1n) is 9.25. The van der Waals surface area contributed by atoms with Crippen molar-refractivity contribution < 1.29 is 17.6 Å². The van der Waals surface area contributed by atoms with Gasteiger partial charge in [-0.15, -0.1) is 10.2 Å². The molecule has 9 heteroatoms. The Bertz CT molecular complexity index is 1040. The molecule has 3 heterocycles. The van der Waals surface area contributed by atoms with Gasteiger partial charge in [0.1, 0.15) is 11.5 Å². The van der Waals surface area contributed by atoms with Crippen molar-refractivity contribution in [1.29, 1.82) is 0 Å². The number of hydrogen-bond donors (Lipinski definition) is 1. The van der Waals surface area contributed by atoms with Crippen LogP contribution < -0.4 is 5.32 Å². The van der Waals surface area contributed by atoms with Crippen LogP contribution in [0.2, 0.25) is 0 Å². The van der Waals surface area contributed by atoms with Gasteiger partial charge in [-0.25, -0.2) is 4.39 Å². The highest BCUT2D eigenvalue weighted by Gasteiger charge is 2.31. The molecular weight excluding hydrogens is 386 g/mol. The number of aromatic nitrogens is 3. The van der Waals surface area contributed by atoms with Crippen LogP contribution in [0.3, 0.4) is 0 Å². The lowest BCUT2D eigenvalue weighted by Gasteiger charge is -2.30. The summed E-state index contributed by atoms with van der Waals surface area (Å²) in [7, 11) is 2.05. The minimum absolute atomic E-state index is 0.0364. The molecule has 1 atom stereocenters. The number of halogens is 4. The molecule has 152 valence electrons. The van der Waals surface area contributed by atoms with Gasteiger partial charge in [-0.2, -0.15) is 13.2 Å². The molecule has 5 nitrogen and oxygen atoms in total. The standard InChI is InChI=1S/C20H19F4N5/c1-29-8-2-3-13(11-29)26-19-16-10-25-7-6-14(16)18(27-28-19)15-5-4-12(9-17(15)21)20(22,23)24/h4-7,9-10,13H,2-3,8,11H2,1H3,(H,26,28)/t13-/m1/s1. The molecule has 0 bridgehead atoms. The third-order valence-electron chi connectivity index (χ3n) is 5.10. The molecule has 1 aliphatic rings. The first kappa shape index (κ1) is 19.5. The lowest BCUT2D eigenvalue weighted by molar-refractivity contribution is -0.137. The summed E-state index contributed by atoms with van der Waals surface area (Å²) >= 11 is 0. The molecule has 0 unspecified atom stereocenters. The third kappa shape index (κ3) is 4.00. The van der Waals surface area contributed by atoms with Crippen molar-refractivity contribution in [2.75, 3.05) is 25.5 Å². The second kappa shape index (κ2) is 7.55. The molecule has 1 N–H and O–H groups in total. The van der Waals surface area contributed by atoms with Crippen molar-refractivity contribution in [3.05, 3.63) is 48.0 Å². The van der Waals surface area contributed by atoms with E-state index < -0.39 is 17.6 Å². The van der Waals surface area contributed by atoms with Gasteiger partial charge in [0, 0.05) is 41.3 Å². The Morgan fingerprint density at radius 2 is 1.97 bits per heavy atom. The predicted molar refractivity (Wildman–Crippen MR) is 102 cm³/mol. The van der Waals surface area contributed by atoms with Gasteiger partial charge >= 0.3 is 6.18 Å². The van der Waals surface area contributed by atoms with Crippen molar-refractivity contribution in [1.82, 2.24) is 20.1 Å². The smallest absolute Gasteiger partial charge is 0.364 e. The number of benzene rings is 1. The van der Waals surface area contributed by atoms with E-state index in [1.807, 2.05) is 0 Å². The molecular formula is C20H19F4N5. The van der Waals surface area contributed by atoms with E-state index in [1.165, 1.54) is 6.20 Å². The number of anilines is 1. The molecule has 3 aromatic rings. The Labute approximate surface area is 164 Å². The van der Waals surface area contributed by atoms with E-state index in [1.54, 1.807) is 12.3 Å². The summed E-state index contributed by atoms with van der Waals surface area (Å²) in [6.07, 6.45) is 0.575. The van der Waals surface area contributed by atoms with Gasteiger partial charge in [0.2, 0.25) is 0 Å². The summed E-state index contributed by atoms with van der Waals surface area (Å²) in [5.74, 6) is -0.466. The highest BCUT2D eigenvalue weighted by Crippen LogP contribution is 2.35. The van der Waals surface area contributed by atoms with Crippen molar-refractivity contribution >= 4 is 16.6 Å². The molecule has 29 heavy (non-hydrogen) atoms. The number of alkyl halides is 3. The number of piperidine rings is 1. The molecule has 0 radical (unpaired) electrons. The SMILES string of the molecule is CN1CCC[C@@H](Nc2nnc(-c3ccc(C(F)(F)F)cc3F)c3ccncc23)C1. The van der Waals surface area contributed by atoms with Crippen LogP contribution in [-0.4, -0.2) is 46.3 Å². The molecule has 1 saturated heterocycles. The second-order valence-electron chi connectivity index (χ2n) is 7.26. The van der Waals surface area contributed by atoms with Crippen LogP contribution in [-0.2, 0) is 6.18 Å². The van der Waals surface area contributed by atoms with Crippen molar-refractivity contribution in [2.24, 2.45) is 0 Å². The number of fused-ring (bicyclic) bond motifs is 1. The molecule has 1 aliphatic heterocycles. The van der Waals surface area contributed by atoms with Gasteiger partial charge in [-0.1, -0.05) is 0 Å². The monoisotopic (exact) mass is 405 g/mol. The largest absolute Gasteiger partial charge is 0.416 e. The van der Waals surface area contributed by atoms with Crippen LogP contribution in [0.25, 0.3) is 22.0 Å². The quantitative estimate of drug-likeness (QED) is 0.657. The zero-order chi connectivity index (χ0) is 20.6. The van der Waals surface area contributed by atoms with E-state index in [-0.39, 0.29) is 17.3 Å². The Kier molecular flexibility index (Phi) is 5.08. The maximum absolute atomic E-state index is 14.5. The van der Waals surface area contributed by atoms with Gasteiger partial charge in [0.15, 0.2) is 5.82 Å². The highest BCUT2D eigenvalue weighted by atomic mass is 19.4. The Hall–Kier alpha value is -2.81. The van der Waals surface area contributed by atoms with Crippen molar-refractivity contribution in [3.8, 4) is 11.3 Å². The van der Waals surface area contributed by atoms with E-state index in [2.05, 4.69) is 32.4 Å². The van der Waals surface area contributed by atoms with Gasteiger partial charge < -0.3 is 10.2 Å². The number of hydrogen-bond acceptors (Lipinski definition) is 5. The van der Waals surface area contributed by atoms with Gasteiger partial charge in [-0.05, 0) is 50.7 Å². The number of pyridine rings is 1. The van der Waals surface area contributed by atoms with Crippen molar-refractivity contribution in [3.63, 3.8) is 0 Å². The fourth-order valence-electron chi connectivity index (χ4n) is 3.66. The maximum atomic E-state index is 14.5. The lowest BCUT2D eigenvalue weighted by atomic mass is 10.0. The second-order valence-corrected chi connectivity index (χ2v) is 7.26. The highest BCUT2D eigenvalue weighted by molar-refractivity contribution is 5.99. The molecule has 2 aromatic heterocycles. The predicted octanol–water partition coefficient (Wildman–Crippen LogP) is 4.36. The Morgan fingerprint density at radius 1 is 1.14 bits per heavy atom. The minimum atomic E-state index is -4.61. The zero-order valence-corrected chi connectivity index (χ0v) is 15.7. The number of nitrogens with zero attached hydrogens (tertiary/aromatic N) is 4. The summed E-state index contributed by atoms with van der Waals surface area (Å²) < 4.78 is 53.0. The van der Waals surface area contributed by atoms with Crippen LogP contribution in [0.1, 0.15) is 18.4 Å². The third-order valence-corrected chi connectivity index (χ3v) is 5.10. The molecule has 4 rings (SSSR count). The lowest BCUT2D eigenvalue weighted by Crippen LogP contribution is -2.40. The summed E-state index contributed by atoms with van der Waals surface area (Å²) in [4.78, 5) is 6.35. The number of likely N-dealkylation sites (tertiary alicyclic amines) is 1. The van der Waals surface area contributed by atoms with E-state index in [9.17, 15) is 17.6 Å². The molecule has 0 spiro atoms. The summed E-state index contributed by atoms with van der Waals surface area (Å²) in [6, 6.07) is 4.27. The van der Waals surface area contributed by atoms with Crippen LogP contribution in [0.4, 0.5) is 23.4 Å². The average Bonchev–Trinajstić information content (AvgIpc) is 2.68. The zero-order valence-electron chi connectivity index (χ0n) is 15.7. The first-order chi connectivity index (χ1) is 13.8. The summed E-state index contributed by atoms with van der Waals surface area (Å²) in [5, 5.41) is 12.9. The van der Waals surface area contributed by atoms with Crippen LogP contribution in [0.15, 0.2) is 36.7 Å². The summed E-state index contributed by atoms with van der Waals surface area (Å²) in [5.41, 5.74) is -0.900. The molecule has 0 saturated carbocycles. The van der Waals surface area contributed by atoms with Gasteiger partial charge in [0.25, 0.3) is 0 Å². The summed E-state index contributed by atoms with van der Waals surface area (Å²) in [6.45, 7) is 1.90. The van der Waals surface area contributed by atoms with Gasteiger partial charge in [-0.3, -0.25) is 4.98 Å². The molecule has 0 aliphatic carbocycles. The van der Waals surface area contributed by atoms with E-state index in [0.29, 0.717) is 22.7 Å². The normalized spacial score (nSPS) is 18.2.